The second kappa shape index (κ2) is 9.40. The summed E-state index contributed by atoms with van der Waals surface area (Å²) in [6, 6.07) is 5.79. The van der Waals surface area contributed by atoms with Crippen LogP contribution in [0.15, 0.2) is 28.7 Å². The predicted molar refractivity (Wildman–Crippen MR) is 120 cm³/mol. The van der Waals surface area contributed by atoms with Crippen LogP contribution in [0.3, 0.4) is 0 Å². The maximum Gasteiger partial charge on any atom is 0.239 e. The fraction of sp³-hybridized carbons (Fsp3) is 0.350. The van der Waals surface area contributed by atoms with Crippen molar-refractivity contribution < 1.29 is 9.59 Å². The molecule has 3 aromatic rings. The van der Waals surface area contributed by atoms with Crippen LogP contribution in [0.2, 0.25) is 0 Å². The summed E-state index contributed by atoms with van der Waals surface area (Å²) in [5, 5.41) is 16.6. The second-order valence-corrected chi connectivity index (χ2v) is 9.19. The maximum absolute atomic E-state index is 12.4. The van der Waals surface area contributed by atoms with E-state index in [9.17, 15) is 9.59 Å². The first-order valence-electron chi connectivity index (χ1n) is 9.38. The molecule has 1 atom stereocenters. The zero-order valence-corrected chi connectivity index (χ0v) is 19.1. The molecule has 0 spiro atoms. The monoisotopic (exact) mass is 444 g/mol. The molecular formula is C20H24N6O2S2. The van der Waals surface area contributed by atoms with E-state index in [0.29, 0.717) is 16.1 Å². The number of thiazole rings is 1. The van der Waals surface area contributed by atoms with Crippen molar-refractivity contribution in [2.24, 2.45) is 7.05 Å². The molecule has 0 aliphatic carbocycles. The predicted octanol–water partition coefficient (Wildman–Crippen LogP) is 3.50. The molecule has 0 aliphatic heterocycles. The Balaban J connectivity index is 1.58. The molecule has 2 N–H and O–H groups in total. The van der Waals surface area contributed by atoms with Crippen LogP contribution in [0.25, 0.3) is 0 Å². The molecule has 0 aliphatic rings. The number of rotatable bonds is 7. The number of aromatic nitrogens is 4. The van der Waals surface area contributed by atoms with Crippen LogP contribution in [0.4, 0.5) is 10.8 Å². The summed E-state index contributed by atoms with van der Waals surface area (Å²) >= 11 is 2.67. The van der Waals surface area contributed by atoms with Crippen LogP contribution in [0.5, 0.6) is 0 Å². The molecule has 2 heterocycles. The summed E-state index contributed by atoms with van der Waals surface area (Å²) < 4.78 is 1.74. The van der Waals surface area contributed by atoms with Gasteiger partial charge in [0, 0.05) is 18.1 Å². The molecule has 0 saturated heterocycles. The summed E-state index contributed by atoms with van der Waals surface area (Å²) in [4.78, 5) is 29.0. The van der Waals surface area contributed by atoms with E-state index < -0.39 is 5.25 Å². The molecule has 158 valence electrons. The largest absolute Gasteiger partial charge is 0.326 e. The summed E-state index contributed by atoms with van der Waals surface area (Å²) in [6.07, 6.45) is 0.0932. The van der Waals surface area contributed by atoms with E-state index in [-0.39, 0.29) is 18.2 Å². The van der Waals surface area contributed by atoms with Crippen molar-refractivity contribution in [3.05, 3.63) is 46.2 Å². The third kappa shape index (κ3) is 5.45. The van der Waals surface area contributed by atoms with Gasteiger partial charge in [-0.1, -0.05) is 17.8 Å². The van der Waals surface area contributed by atoms with E-state index in [0.717, 1.165) is 16.9 Å². The highest BCUT2D eigenvalue weighted by Crippen LogP contribution is 2.24. The van der Waals surface area contributed by atoms with E-state index in [4.69, 9.17) is 0 Å². The van der Waals surface area contributed by atoms with Crippen molar-refractivity contribution in [2.45, 2.75) is 44.5 Å². The zero-order valence-electron chi connectivity index (χ0n) is 17.5. The van der Waals surface area contributed by atoms with Crippen molar-refractivity contribution in [3.63, 3.8) is 0 Å². The number of amides is 2. The topological polar surface area (TPSA) is 102 Å². The third-order valence-corrected chi connectivity index (χ3v) is 6.54. The standard InChI is InChI=1S/C20H24N6O2S2/c1-11-6-7-15(8-12(11)2)22-17(27)9-16-24-25-20(26(16)5)30-14(4)18(28)23-19-21-13(3)10-29-19/h6-8,10,14H,9H2,1-5H3,(H,22,27)(H,21,23,28)/t14-/m0/s1. The lowest BCUT2D eigenvalue weighted by Crippen LogP contribution is -2.23. The number of aryl methyl sites for hydroxylation is 3. The average molecular weight is 445 g/mol. The number of nitrogens with zero attached hydrogens (tertiary/aromatic N) is 4. The molecule has 8 nitrogen and oxygen atoms in total. The quantitative estimate of drug-likeness (QED) is 0.541. The number of hydrogen-bond acceptors (Lipinski definition) is 7. The van der Waals surface area contributed by atoms with Crippen molar-refractivity contribution in [1.82, 2.24) is 19.7 Å². The molecule has 2 aromatic heterocycles. The lowest BCUT2D eigenvalue weighted by Gasteiger charge is -2.10. The minimum Gasteiger partial charge on any atom is -0.326 e. The van der Waals surface area contributed by atoms with Gasteiger partial charge in [-0.05, 0) is 51.0 Å². The van der Waals surface area contributed by atoms with Crippen LogP contribution in [0.1, 0.15) is 29.6 Å². The molecule has 10 heteroatoms. The summed E-state index contributed by atoms with van der Waals surface area (Å²) in [5.74, 6) is 0.198. The lowest BCUT2D eigenvalue weighted by molar-refractivity contribution is -0.116. The van der Waals surface area contributed by atoms with Crippen LogP contribution < -0.4 is 10.6 Å². The van der Waals surface area contributed by atoms with Gasteiger partial charge in [0.2, 0.25) is 11.8 Å². The molecule has 0 radical (unpaired) electrons. The number of carbonyl (C=O) groups is 2. The van der Waals surface area contributed by atoms with Gasteiger partial charge in [-0.15, -0.1) is 21.5 Å². The lowest BCUT2D eigenvalue weighted by atomic mass is 10.1. The zero-order chi connectivity index (χ0) is 21.8. The van der Waals surface area contributed by atoms with Crippen molar-refractivity contribution in [3.8, 4) is 0 Å². The first-order chi connectivity index (χ1) is 14.2. The fourth-order valence-corrected chi connectivity index (χ4v) is 4.12. The summed E-state index contributed by atoms with van der Waals surface area (Å²) in [7, 11) is 1.79. The van der Waals surface area contributed by atoms with E-state index in [1.165, 1.54) is 28.7 Å². The SMILES string of the molecule is Cc1csc(NC(=O)[C@H](C)Sc2nnc(CC(=O)Nc3ccc(C)c(C)c3)n2C)n1. The Bertz CT molecular complexity index is 1080. The molecular weight excluding hydrogens is 420 g/mol. The number of nitrogens with one attached hydrogen (secondary N) is 2. The number of hydrogen-bond donors (Lipinski definition) is 2. The van der Waals surface area contributed by atoms with E-state index in [1.807, 2.05) is 44.4 Å². The summed E-state index contributed by atoms with van der Waals surface area (Å²) in [6.45, 7) is 7.70. The van der Waals surface area contributed by atoms with Gasteiger partial charge in [-0.25, -0.2) is 4.98 Å². The Morgan fingerprint density at radius 3 is 2.60 bits per heavy atom. The van der Waals surface area contributed by atoms with E-state index in [1.54, 1.807) is 18.5 Å². The summed E-state index contributed by atoms with van der Waals surface area (Å²) in [5.41, 5.74) is 3.91. The highest BCUT2D eigenvalue weighted by molar-refractivity contribution is 8.00. The number of anilines is 2. The van der Waals surface area contributed by atoms with Gasteiger partial charge >= 0.3 is 0 Å². The third-order valence-electron chi connectivity index (χ3n) is 4.53. The van der Waals surface area contributed by atoms with Crippen molar-refractivity contribution >= 4 is 45.7 Å². The van der Waals surface area contributed by atoms with Gasteiger partial charge in [0.25, 0.3) is 0 Å². The van der Waals surface area contributed by atoms with Crippen LogP contribution in [-0.4, -0.2) is 36.8 Å². The number of carbonyl (C=O) groups excluding carboxylic acids is 2. The van der Waals surface area contributed by atoms with Crippen LogP contribution in [0, 0.1) is 20.8 Å². The molecule has 3 rings (SSSR count). The Morgan fingerprint density at radius 1 is 1.17 bits per heavy atom. The minimum absolute atomic E-state index is 0.0932. The Hall–Kier alpha value is -2.72. The maximum atomic E-state index is 12.4. The van der Waals surface area contributed by atoms with Gasteiger partial charge in [0.15, 0.2) is 10.3 Å². The normalized spacial score (nSPS) is 11.9. The van der Waals surface area contributed by atoms with Gasteiger partial charge < -0.3 is 15.2 Å². The Morgan fingerprint density at radius 2 is 1.93 bits per heavy atom. The van der Waals surface area contributed by atoms with E-state index >= 15 is 0 Å². The number of benzene rings is 1. The van der Waals surface area contributed by atoms with Crippen LogP contribution in [-0.2, 0) is 23.1 Å². The molecule has 0 saturated carbocycles. The van der Waals surface area contributed by atoms with E-state index in [2.05, 4.69) is 25.8 Å². The van der Waals surface area contributed by atoms with Crippen LogP contribution >= 0.6 is 23.1 Å². The second-order valence-electron chi connectivity index (χ2n) is 7.03. The highest BCUT2D eigenvalue weighted by atomic mass is 32.2. The molecule has 0 unspecified atom stereocenters. The average Bonchev–Trinajstić information content (AvgIpc) is 3.24. The Labute approximate surface area is 183 Å². The molecule has 0 fully saturated rings. The van der Waals surface area contributed by atoms with Gasteiger partial charge in [-0.2, -0.15) is 0 Å². The smallest absolute Gasteiger partial charge is 0.239 e. The first-order valence-corrected chi connectivity index (χ1v) is 11.1. The minimum atomic E-state index is -0.394. The fourth-order valence-electron chi connectivity index (χ4n) is 2.60. The highest BCUT2D eigenvalue weighted by Gasteiger charge is 2.20. The van der Waals surface area contributed by atoms with Gasteiger partial charge in [0.05, 0.1) is 17.4 Å². The van der Waals surface area contributed by atoms with Crippen molar-refractivity contribution in [2.75, 3.05) is 10.6 Å². The molecule has 0 bridgehead atoms. The van der Waals surface area contributed by atoms with Crippen molar-refractivity contribution in [1.29, 1.82) is 0 Å². The molecule has 2 amide bonds. The Kier molecular flexibility index (Phi) is 6.88. The molecule has 30 heavy (non-hydrogen) atoms. The first kappa shape index (κ1) is 22.0. The number of thioether (sulfide) groups is 1. The molecule has 1 aromatic carbocycles. The van der Waals surface area contributed by atoms with Gasteiger partial charge in [0.1, 0.15) is 5.82 Å². The van der Waals surface area contributed by atoms with Gasteiger partial charge in [-0.3, -0.25) is 9.59 Å².